The van der Waals surface area contributed by atoms with Gasteiger partial charge in [0.15, 0.2) is 5.84 Å². The molecule has 1 aliphatic rings. The van der Waals surface area contributed by atoms with Crippen molar-refractivity contribution < 1.29 is 9.85 Å². The number of hydrogen-bond donors (Lipinski definition) is 2. The van der Waals surface area contributed by atoms with Crippen molar-refractivity contribution in [2.75, 3.05) is 13.3 Å². The lowest BCUT2D eigenvalue weighted by molar-refractivity contribution is -0.439. The van der Waals surface area contributed by atoms with Gasteiger partial charge in [0.2, 0.25) is 12.3 Å². The van der Waals surface area contributed by atoms with E-state index in [9.17, 15) is 5.21 Å². The lowest BCUT2D eigenvalue weighted by Gasteiger charge is -2.10. The second-order valence-corrected chi connectivity index (χ2v) is 5.24. The Bertz CT molecular complexity index is 757. The summed E-state index contributed by atoms with van der Waals surface area (Å²) in [6, 6.07) is 14.6. The summed E-state index contributed by atoms with van der Waals surface area (Å²) in [5, 5.41) is 24.9. The van der Waals surface area contributed by atoms with E-state index in [4.69, 9.17) is 16.7 Å². The van der Waals surface area contributed by atoms with E-state index in [1.807, 2.05) is 30.3 Å². The van der Waals surface area contributed by atoms with Gasteiger partial charge in [-0.05, 0) is 30.3 Å². The number of nitrogens with one attached hydrogen (secondary N) is 1. The number of benzene rings is 2. The highest BCUT2D eigenvalue weighted by molar-refractivity contribution is 6.31. The van der Waals surface area contributed by atoms with Crippen LogP contribution in [0.4, 0.5) is 5.69 Å². The fourth-order valence-electron chi connectivity index (χ4n) is 2.41. The zero-order chi connectivity index (χ0) is 15.5. The molecule has 1 heterocycles. The maximum atomic E-state index is 12.6. The van der Waals surface area contributed by atoms with Crippen molar-refractivity contribution >= 4 is 28.8 Å². The third-order valence-corrected chi connectivity index (χ3v) is 3.58. The minimum Gasteiger partial charge on any atom is -0.623 e. The van der Waals surface area contributed by atoms with Gasteiger partial charge in [-0.15, -0.1) is 0 Å². The fraction of sp³-hybridized carbons (Fsp3) is 0.125. The molecule has 0 bridgehead atoms. The van der Waals surface area contributed by atoms with Crippen LogP contribution in [-0.2, 0) is 0 Å². The molecule has 0 amide bonds. The Morgan fingerprint density at radius 2 is 2.00 bits per heavy atom. The molecule has 0 radical (unpaired) electrons. The zero-order valence-corrected chi connectivity index (χ0v) is 12.4. The van der Waals surface area contributed by atoms with Crippen LogP contribution in [0.5, 0.6) is 0 Å². The highest BCUT2D eigenvalue weighted by Crippen LogP contribution is 2.28. The van der Waals surface area contributed by atoms with Crippen LogP contribution in [0.3, 0.4) is 0 Å². The van der Waals surface area contributed by atoms with Crippen LogP contribution in [0, 0.1) is 5.21 Å². The number of hydrogen-bond acceptors (Lipinski definition) is 4. The molecule has 2 N–H and O–H groups in total. The summed E-state index contributed by atoms with van der Waals surface area (Å²) in [4.78, 5) is 4.42. The van der Waals surface area contributed by atoms with Crippen LogP contribution in [0.2, 0.25) is 5.02 Å². The number of halogens is 1. The summed E-state index contributed by atoms with van der Waals surface area (Å²) in [6.07, 6.45) is 0. The first kappa shape index (κ1) is 14.6. The predicted octanol–water partition coefficient (Wildman–Crippen LogP) is 2.27. The SMILES string of the molecule is [O-][N+]1=C(c2ccccc2)c2cc(Cl)ccc2N=C(NCO)C1. The van der Waals surface area contributed by atoms with E-state index in [0.717, 1.165) is 10.3 Å². The fourth-order valence-corrected chi connectivity index (χ4v) is 2.58. The Morgan fingerprint density at radius 3 is 2.73 bits per heavy atom. The molecule has 2 aromatic rings. The second kappa shape index (κ2) is 6.17. The van der Waals surface area contributed by atoms with Gasteiger partial charge in [-0.1, -0.05) is 29.8 Å². The normalized spacial score (nSPS) is 14.2. The highest BCUT2D eigenvalue weighted by Gasteiger charge is 2.24. The standard InChI is InChI=1S/C16H14ClN3O2/c17-12-6-7-14-13(8-12)16(11-4-2-1-3-5-11)20(22)9-15(19-14)18-10-21/h1-8,21H,9-10H2,(H,18,19). The van der Waals surface area contributed by atoms with Gasteiger partial charge in [-0.3, -0.25) is 0 Å². The predicted molar refractivity (Wildman–Crippen MR) is 86.9 cm³/mol. The van der Waals surface area contributed by atoms with Gasteiger partial charge in [0.1, 0.15) is 6.73 Å². The average molecular weight is 316 g/mol. The minimum atomic E-state index is -0.281. The van der Waals surface area contributed by atoms with Crippen molar-refractivity contribution in [2.24, 2.45) is 4.99 Å². The van der Waals surface area contributed by atoms with Gasteiger partial charge in [0.05, 0.1) is 11.3 Å². The highest BCUT2D eigenvalue weighted by atomic mass is 35.5. The van der Waals surface area contributed by atoms with Crippen LogP contribution >= 0.6 is 11.6 Å². The number of aliphatic imine (C=N–C) groups is 1. The Morgan fingerprint density at radius 1 is 1.23 bits per heavy atom. The van der Waals surface area contributed by atoms with Gasteiger partial charge >= 0.3 is 0 Å². The first-order valence-corrected chi connectivity index (χ1v) is 7.16. The van der Waals surface area contributed by atoms with Crippen molar-refractivity contribution in [1.29, 1.82) is 0 Å². The molecule has 0 saturated heterocycles. The van der Waals surface area contributed by atoms with Gasteiger partial charge in [-0.25, -0.2) is 4.99 Å². The number of aliphatic hydroxyl groups excluding tert-OH is 1. The van der Waals surface area contributed by atoms with Gasteiger partial charge in [-0.2, -0.15) is 4.74 Å². The molecule has 5 nitrogen and oxygen atoms in total. The number of fused-ring (bicyclic) bond motifs is 1. The number of aliphatic hydroxyl groups is 1. The first-order chi connectivity index (χ1) is 10.7. The molecule has 112 valence electrons. The molecule has 0 unspecified atom stereocenters. The molecular formula is C16H14ClN3O2. The van der Waals surface area contributed by atoms with E-state index in [2.05, 4.69) is 10.3 Å². The summed E-state index contributed by atoms with van der Waals surface area (Å²) in [5.41, 5.74) is 2.61. The topological polar surface area (TPSA) is 70.7 Å². The summed E-state index contributed by atoms with van der Waals surface area (Å²) in [7, 11) is 0. The van der Waals surface area contributed by atoms with E-state index in [1.54, 1.807) is 18.2 Å². The molecule has 0 atom stereocenters. The first-order valence-electron chi connectivity index (χ1n) is 6.78. The Labute approximate surface area is 132 Å². The van der Waals surface area contributed by atoms with Crippen molar-refractivity contribution in [3.8, 4) is 0 Å². The Hall–Kier alpha value is -2.37. The molecule has 22 heavy (non-hydrogen) atoms. The van der Waals surface area contributed by atoms with Crippen LogP contribution in [0.1, 0.15) is 11.1 Å². The van der Waals surface area contributed by atoms with Crippen LogP contribution in [0.15, 0.2) is 53.5 Å². The molecule has 0 aromatic heterocycles. The summed E-state index contributed by atoms with van der Waals surface area (Å²) in [5.74, 6) is 0.409. The van der Waals surface area contributed by atoms with E-state index in [-0.39, 0.29) is 13.3 Å². The maximum Gasteiger partial charge on any atom is 0.228 e. The molecular weight excluding hydrogens is 302 g/mol. The lowest BCUT2D eigenvalue weighted by Crippen LogP contribution is -2.32. The number of nitrogens with zero attached hydrogens (tertiary/aromatic N) is 2. The third-order valence-electron chi connectivity index (χ3n) is 3.34. The maximum absolute atomic E-state index is 12.6. The van der Waals surface area contributed by atoms with E-state index in [1.165, 1.54) is 0 Å². The van der Waals surface area contributed by atoms with Crippen molar-refractivity contribution in [1.82, 2.24) is 5.32 Å². The molecule has 6 heteroatoms. The largest absolute Gasteiger partial charge is 0.623 e. The Kier molecular flexibility index (Phi) is 4.09. The lowest BCUT2D eigenvalue weighted by atomic mass is 10.0. The summed E-state index contributed by atoms with van der Waals surface area (Å²) >= 11 is 6.09. The molecule has 2 aromatic carbocycles. The smallest absolute Gasteiger partial charge is 0.228 e. The molecule has 3 rings (SSSR count). The van der Waals surface area contributed by atoms with Gasteiger partial charge in [0.25, 0.3) is 0 Å². The third kappa shape index (κ3) is 2.81. The van der Waals surface area contributed by atoms with Crippen LogP contribution < -0.4 is 5.32 Å². The summed E-state index contributed by atoms with van der Waals surface area (Å²) in [6.45, 7) is -0.257. The molecule has 0 fully saturated rings. The molecule has 0 saturated carbocycles. The number of amidine groups is 1. The second-order valence-electron chi connectivity index (χ2n) is 4.81. The molecule has 0 spiro atoms. The van der Waals surface area contributed by atoms with Crippen molar-refractivity contribution in [3.63, 3.8) is 0 Å². The Balaban J connectivity index is 2.22. The summed E-state index contributed by atoms with van der Waals surface area (Å²) < 4.78 is 0.860. The number of hydroxylamine groups is 1. The molecule has 0 aliphatic carbocycles. The van der Waals surface area contributed by atoms with E-state index < -0.39 is 0 Å². The molecule has 1 aliphatic heterocycles. The van der Waals surface area contributed by atoms with Crippen LogP contribution in [0.25, 0.3) is 0 Å². The monoisotopic (exact) mass is 315 g/mol. The average Bonchev–Trinajstić information content (AvgIpc) is 2.64. The van der Waals surface area contributed by atoms with Gasteiger partial charge < -0.3 is 15.6 Å². The quantitative estimate of drug-likeness (QED) is 0.507. The van der Waals surface area contributed by atoms with Crippen molar-refractivity contribution in [3.05, 3.63) is 69.9 Å². The van der Waals surface area contributed by atoms with Crippen molar-refractivity contribution in [2.45, 2.75) is 0 Å². The van der Waals surface area contributed by atoms with E-state index >= 15 is 0 Å². The zero-order valence-electron chi connectivity index (χ0n) is 11.7. The van der Waals surface area contributed by atoms with E-state index in [0.29, 0.717) is 27.8 Å². The van der Waals surface area contributed by atoms with Crippen LogP contribution in [-0.4, -0.2) is 34.7 Å². The number of rotatable bonds is 2. The minimum absolute atomic E-state index is 0.0249. The van der Waals surface area contributed by atoms with Gasteiger partial charge in [0, 0.05) is 10.6 Å².